The van der Waals surface area contributed by atoms with E-state index < -0.39 is 31.3 Å². The number of aromatic nitrogens is 3. The topological polar surface area (TPSA) is 97.3 Å². The second kappa shape index (κ2) is 12.3. The minimum absolute atomic E-state index is 0.0655. The number of ether oxygens (including phenoxy) is 2. The predicted molar refractivity (Wildman–Crippen MR) is 146 cm³/mol. The van der Waals surface area contributed by atoms with E-state index in [0.29, 0.717) is 36.5 Å². The Kier molecular flexibility index (Phi) is 9.60. The maximum Gasteiger partial charge on any atom is 0.435 e. The zero-order chi connectivity index (χ0) is 28.8. The normalized spacial score (nSPS) is 12.5. The number of hydrogen-bond acceptors (Lipinski definition) is 5. The summed E-state index contributed by atoms with van der Waals surface area (Å²) in [6.07, 6.45) is -2.22. The zero-order valence-electron chi connectivity index (χ0n) is 23.0. The molecule has 3 aromatic rings. The average molecular weight is 564 g/mol. The van der Waals surface area contributed by atoms with Crippen molar-refractivity contribution in [1.29, 1.82) is 0 Å². The molecule has 0 atom stereocenters. The summed E-state index contributed by atoms with van der Waals surface area (Å²) in [5, 5.41) is 9.57. The lowest BCUT2D eigenvalue weighted by Crippen LogP contribution is -2.36. The molecule has 2 aromatic heterocycles. The van der Waals surface area contributed by atoms with Crippen LogP contribution in [0.15, 0.2) is 42.6 Å². The number of aliphatic carboxylic acids is 1. The van der Waals surface area contributed by atoms with Crippen LogP contribution >= 0.6 is 0 Å². The van der Waals surface area contributed by atoms with E-state index in [2.05, 4.69) is 34.6 Å². The van der Waals surface area contributed by atoms with Crippen LogP contribution in [0.25, 0.3) is 22.6 Å². The lowest BCUT2D eigenvalue weighted by Gasteiger charge is -2.26. The summed E-state index contributed by atoms with van der Waals surface area (Å²) in [6.45, 7) is 10.5. The molecule has 11 heteroatoms. The van der Waals surface area contributed by atoms with E-state index in [1.807, 2.05) is 13.8 Å². The molecule has 0 saturated carbocycles. The molecule has 0 radical (unpaired) electrons. The van der Waals surface area contributed by atoms with E-state index in [1.165, 1.54) is 6.20 Å². The number of carboxylic acids is 1. The summed E-state index contributed by atoms with van der Waals surface area (Å²) in [4.78, 5) is 22.7. The number of hydrogen-bond donors (Lipinski definition) is 2. The van der Waals surface area contributed by atoms with Gasteiger partial charge in [-0.2, -0.15) is 13.2 Å². The van der Waals surface area contributed by atoms with Crippen LogP contribution in [0.3, 0.4) is 0 Å². The monoisotopic (exact) mass is 563 g/mol. The fraction of sp³-hybridized carbons (Fsp3) is 0.464. The van der Waals surface area contributed by atoms with E-state index in [9.17, 15) is 23.1 Å². The highest BCUT2D eigenvalue weighted by molar-refractivity contribution is 6.76. The molecular weight excluding hydrogens is 527 g/mol. The number of carbonyl (C=O) groups is 1. The number of nitrogens with one attached hydrogen (secondary N) is 1. The number of alkyl halides is 3. The smallest absolute Gasteiger partial charge is 0.435 e. The van der Waals surface area contributed by atoms with Crippen molar-refractivity contribution in [3.63, 3.8) is 0 Å². The van der Waals surface area contributed by atoms with Gasteiger partial charge in [0.05, 0.1) is 18.0 Å². The molecule has 0 bridgehead atoms. The van der Waals surface area contributed by atoms with Gasteiger partial charge in [-0.1, -0.05) is 33.5 Å². The molecule has 0 aliphatic heterocycles. The minimum atomic E-state index is -4.61. The van der Waals surface area contributed by atoms with E-state index in [-0.39, 0.29) is 24.7 Å². The van der Waals surface area contributed by atoms with E-state index in [1.54, 1.807) is 36.4 Å². The molecule has 0 aliphatic carbocycles. The van der Waals surface area contributed by atoms with Crippen molar-refractivity contribution in [2.75, 3.05) is 13.2 Å². The van der Waals surface area contributed by atoms with E-state index in [0.717, 1.165) is 11.6 Å². The SMILES string of the molecule is CCC(CC)(COc1ccc(-c2ccc(-c3nc(C(F)(F)F)c(COCC[Si](C)(C)C)[nH]3)cn2)cc1)C(=O)O. The summed E-state index contributed by atoms with van der Waals surface area (Å²) >= 11 is 0. The third kappa shape index (κ3) is 7.92. The maximum atomic E-state index is 13.6. The molecule has 1 aromatic carbocycles. The Bertz CT molecular complexity index is 1230. The average Bonchev–Trinajstić information content (AvgIpc) is 3.32. The van der Waals surface area contributed by atoms with Crippen LogP contribution in [-0.4, -0.2) is 47.3 Å². The van der Waals surface area contributed by atoms with Crippen LogP contribution in [0.4, 0.5) is 13.2 Å². The number of benzene rings is 1. The molecule has 0 amide bonds. The summed E-state index contributed by atoms with van der Waals surface area (Å²) in [5.41, 5.74) is -0.217. The second-order valence-electron chi connectivity index (χ2n) is 10.8. The van der Waals surface area contributed by atoms with Crippen LogP contribution in [-0.2, 0) is 22.3 Å². The van der Waals surface area contributed by atoms with Crippen LogP contribution in [0.1, 0.15) is 38.1 Å². The Morgan fingerprint density at radius 3 is 2.18 bits per heavy atom. The molecule has 7 nitrogen and oxygen atoms in total. The lowest BCUT2D eigenvalue weighted by atomic mass is 9.83. The van der Waals surface area contributed by atoms with Gasteiger partial charge >= 0.3 is 12.1 Å². The molecule has 39 heavy (non-hydrogen) atoms. The van der Waals surface area contributed by atoms with Crippen LogP contribution in [0, 0.1) is 5.41 Å². The highest BCUT2D eigenvalue weighted by Crippen LogP contribution is 2.33. The van der Waals surface area contributed by atoms with Gasteiger partial charge in [-0.25, -0.2) is 4.98 Å². The number of H-pyrrole nitrogens is 1. The van der Waals surface area contributed by atoms with Gasteiger partial charge in [0.25, 0.3) is 0 Å². The first kappa shape index (κ1) is 30.4. The number of aromatic amines is 1. The van der Waals surface area contributed by atoms with Crippen molar-refractivity contribution < 1.29 is 32.5 Å². The van der Waals surface area contributed by atoms with Crippen molar-refractivity contribution in [2.45, 2.75) is 65.2 Å². The van der Waals surface area contributed by atoms with Crippen molar-refractivity contribution in [3.8, 4) is 28.4 Å². The highest BCUT2D eigenvalue weighted by atomic mass is 28.3. The molecule has 0 saturated heterocycles. The number of pyridine rings is 1. The number of nitrogens with zero attached hydrogens (tertiary/aromatic N) is 2. The summed E-state index contributed by atoms with van der Waals surface area (Å²) < 4.78 is 52.1. The first-order valence-electron chi connectivity index (χ1n) is 12.9. The molecular formula is C28H36F3N3O4Si. The van der Waals surface area contributed by atoms with Crippen molar-refractivity contribution >= 4 is 14.0 Å². The Morgan fingerprint density at radius 2 is 1.67 bits per heavy atom. The standard InChI is InChI=1S/C28H36F3N3O4Si/c1-6-27(7-2,26(35)36)18-38-21-11-8-19(9-12-21)22-13-10-20(16-32-22)25-33-23(24(34-25)28(29,30)31)17-37-14-15-39(3,4)5/h8-13,16H,6-7,14-15,17-18H2,1-5H3,(H,33,34)(H,35,36). The first-order chi connectivity index (χ1) is 18.3. The molecule has 212 valence electrons. The van der Waals surface area contributed by atoms with Crippen LogP contribution in [0.2, 0.25) is 25.7 Å². The number of rotatable bonds is 13. The van der Waals surface area contributed by atoms with Gasteiger partial charge in [0.15, 0.2) is 5.69 Å². The minimum Gasteiger partial charge on any atom is -0.492 e. The van der Waals surface area contributed by atoms with Gasteiger partial charge in [-0.05, 0) is 55.3 Å². The fourth-order valence-corrected chi connectivity index (χ4v) is 4.66. The van der Waals surface area contributed by atoms with Gasteiger partial charge in [-0.15, -0.1) is 0 Å². The third-order valence-electron chi connectivity index (χ3n) is 6.80. The van der Waals surface area contributed by atoms with E-state index >= 15 is 0 Å². The largest absolute Gasteiger partial charge is 0.492 e. The lowest BCUT2D eigenvalue weighted by molar-refractivity contribution is -0.151. The molecule has 3 rings (SSSR count). The first-order valence-corrected chi connectivity index (χ1v) is 16.7. The quantitative estimate of drug-likeness (QED) is 0.168. The van der Waals surface area contributed by atoms with Crippen LogP contribution < -0.4 is 4.74 Å². The van der Waals surface area contributed by atoms with Crippen LogP contribution in [0.5, 0.6) is 5.75 Å². The fourth-order valence-electron chi connectivity index (χ4n) is 3.90. The number of imidazole rings is 1. The third-order valence-corrected chi connectivity index (χ3v) is 8.50. The van der Waals surface area contributed by atoms with Gasteiger partial charge in [-0.3, -0.25) is 9.78 Å². The molecule has 2 heterocycles. The second-order valence-corrected chi connectivity index (χ2v) is 16.4. The molecule has 0 fully saturated rings. The van der Waals surface area contributed by atoms with Gasteiger partial charge in [0.2, 0.25) is 0 Å². The molecule has 0 unspecified atom stereocenters. The highest BCUT2D eigenvalue weighted by Gasteiger charge is 2.38. The Balaban J connectivity index is 1.71. The van der Waals surface area contributed by atoms with Crippen molar-refractivity contribution in [3.05, 3.63) is 54.0 Å². The maximum absolute atomic E-state index is 13.6. The summed E-state index contributed by atoms with van der Waals surface area (Å²) in [5.74, 6) is -0.269. The Labute approximate surface area is 227 Å². The molecule has 0 aliphatic rings. The zero-order valence-corrected chi connectivity index (χ0v) is 24.0. The molecule has 2 N–H and O–H groups in total. The number of carboxylic acid groups (broad SMARTS) is 1. The van der Waals surface area contributed by atoms with Crippen molar-refractivity contribution in [1.82, 2.24) is 15.0 Å². The Morgan fingerprint density at radius 1 is 1.03 bits per heavy atom. The van der Waals surface area contributed by atoms with E-state index in [4.69, 9.17) is 9.47 Å². The summed E-state index contributed by atoms with van der Waals surface area (Å²) in [7, 11) is -1.36. The molecule has 0 spiro atoms. The Hall–Kier alpha value is -3.18. The van der Waals surface area contributed by atoms with Gasteiger partial charge in [0, 0.05) is 32.0 Å². The predicted octanol–water partition coefficient (Wildman–Crippen LogP) is 7.28. The van der Waals surface area contributed by atoms with Gasteiger partial charge < -0.3 is 19.6 Å². The number of halogens is 3. The van der Waals surface area contributed by atoms with Gasteiger partial charge in [0.1, 0.15) is 23.6 Å². The van der Waals surface area contributed by atoms with Crippen molar-refractivity contribution in [2.24, 2.45) is 5.41 Å². The summed E-state index contributed by atoms with van der Waals surface area (Å²) in [6, 6.07) is 11.3.